The molecule has 1 amide bonds. The first-order valence-corrected chi connectivity index (χ1v) is 8.03. The van der Waals surface area contributed by atoms with Gasteiger partial charge in [-0.25, -0.2) is 9.37 Å². The standard InChI is InChI=1S/C18H20FN3O2/c19-15-9-12(14-5-6-17(23)21-11-14)3-4-13(15)10-16(20)18(24)22-7-1-2-8-22/h3-6,9,11,16H,1-2,7-8,10,20H2,(H,21,23). The Bertz CT molecular complexity index is 728. The van der Waals surface area contributed by atoms with Crippen LogP contribution in [0.15, 0.2) is 36.5 Å². The summed E-state index contributed by atoms with van der Waals surface area (Å²) in [6, 6.07) is 7.20. The number of aromatic hydroxyl groups is 1. The fourth-order valence-electron chi connectivity index (χ4n) is 2.95. The van der Waals surface area contributed by atoms with Gasteiger partial charge in [0.05, 0.1) is 6.04 Å². The molecule has 6 heteroatoms. The third-order valence-corrected chi connectivity index (χ3v) is 4.31. The highest BCUT2D eigenvalue weighted by Crippen LogP contribution is 2.23. The van der Waals surface area contributed by atoms with Crippen molar-refractivity contribution in [3.05, 3.63) is 47.9 Å². The number of nitrogens with two attached hydrogens (primary N) is 1. The average Bonchev–Trinajstić information content (AvgIpc) is 3.11. The average molecular weight is 329 g/mol. The second-order valence-corrected chi connectivity index (χ2v) is 6.05. The Hall–Kier alpha value is -2.47. The molecule has 0 aliphatic carbocycles. The summed E-state index contributed by atoms with van der Waals surface area (Å²) < 4.78 is 14.4. The quantitative estimate of drug-likeness (QED) is 0.900. The van der Waals surface area contributed by atoms with Crippen molar-refractivity contribution in [1.29, 1.82) is 0 Å². The molecule has 5 nitrogen and oxygen atoms in total. The first kappa shape index (κ1) is 16.4. The van der Waals surface area contributed by atoms with E-state index in [0.717, 1.165) is 25.9 Å². The Balaban J connectivity index is 1.72. The lowest BCUT2D eigenvalue weighted by Gasteiger charge is -2.20. The van der Waals surface area contributed by atoms with Crippen LogP contribution in [0.2, 0.25) is 0 Å². The molecule has 3 rings (SSSR count). The van der Waals surface area contributed by atoms with Gasteiger partial charge in [-0.1, -0.05) is 12.1 Å². The molecule has 0 bridgehead atoms. The van der Waals surface area contributed by atoms with Crippen molar-refractivity contribution in [1.82, 2.24) is 9.88 Å². The molecule has 1 aromatic carbocycles. The molecule has 0 saturated carbocycles. The van der Waals surface area contributed by atoms with E-state index in [4.69, 9.17) is 5.73 Å². The van der Waals surface area contributed by atoms with E-state index < -0.39 is 11.9 Å². The van der Waals surface area contributed by atoms with Crippen LogP contribution in [0.4, 0.5) is 4.39 Å². The molecule has 1 aromatic heterocycles. The van der Waals surface area contributed by atoms with E-state index in [1.807, 2.05) is 0 Å². The van der Waals surface area contributed by atoms with E-state index in [-0.39, 0.29) is 18.2 Å². The maximum absolute atomic E-state index is 14.4. The molecule has 1 aliphatic rings. The number of hydrogen-bond donors (Lipinski definition) is 2. The highest BCUT2D eigenvalue weighted by molar-refractivity contribution is 5.82. The number of rotatable bonds is 4. The molecule has 24 heavy (non-hydrogen) atoms. The molecule has 1 aliphatic heterocycles. The Kier molecular flexibility index (Phi) is 4.76. The minimum Gasteiger partial charge on any atom is -0.493 e. The summed E-state index contributed by atoms with van der Waals surface area (Å²) in [4.78, 5) is 17.8. The van der Waals surface area contributed by atoms with Gasteiger partial charge in [0.1, 0.15) is 5.82 Å². The van der Waals surface area contributed by atoms with Gasteiger partial charge in [-0.05, 0) is 42.5 Å². The summed E-state index contributed by atoms with van der Waals surface area (Å²) in [6.45, 7) is 1.48. The molecule has 126 valence electrons. The summed E-state index contributed by atoms with van der Waals surface area (Å²) in [5.74, 6) is -0.591. The lowest BCUT2D eigenvalue weighted by molar-refractivity contribution is -0.131. The van der Waals surface area contributed by atoms with Gasteiger partial charge in [0.25, 0.3) is 0 Å². The maximum Gasteiger partial charge on any atom is 0.239 e. The first-order valence-electron chi connectivity index (χ1n) is 8.03. The van der Waals surface area contributed by atoms with Gasteiger partial charge in [-0.2, -0.15) is 0 Å². The van der Waals surface area contributed by atoms with E-state index in [9.17, 15) is 14.3 Å². The number of nitrogens with zero attached hydrogens (tertiary/aromatic N) is 2. The third kappa shape index (κ3) is 3.54. The van der Waals surface area contributed by atoms with Crippen molar-refractivity contribution in [3.8, 4) is 17.0 Å². The van der Waals surface area contributed by atoms with E-state index in [1.54, 1.807) is 23.1 Å². The molecular weight excluding hydrogens is 309 g/mol. The monoisotopic (exact) mass is 329 g/mol. The summed E-state index contributed by atoms with van der Waals surface area (Å²) in [6.07, 6.45) is 3.66. The first-order chi connectivity index (χ1) is 11.5. The molecule has 1 fully saturated rings. The predicted octanol–water partition coefficient (Wildman–Crippen LogP) is 2.09. The summed E-state index contributed by atoms with van der Waals surface area (Å²) in [5, 5.41) is 9.21. The largest absolute Gasteiger partial charge is 0.493 e. The van der Waals surface area contributed by atoms with Gasteiger partial charge in [0.2, 0.25) is 11.8 Å². The Labute approximate surface area is 139 Å². The van der Waals surface area contributed by atoms with Gasteiger partial charge in [0.15, 0.2) is 0 Å². The predicted molar refractivity (Wildman–Crippen MR) is 88.8 cm³/mol. The van der Waals surface area contributed by atoms with Crippen LogP contribution in [0.25, 0.3) is 11.1 Å². The number of benzene rings is 1. The van der Waals surface area contributed by atoms with Crippen molar-refractivity contribution in [2.24, 2.45) is 5.73 Å². The number of carbonyl (C=O) groups is 1. The summed E-state index contributed by atoms with van der Waals surface area (Å²) in [7, 11) is 0. The number of carbonyl (C=O) groups excluding carboxylic acids is 1. The minimum atomic E-state index is -0.723. The highest BCUT2D eigenvalue weighted by atomic mass is 19.1. The number of aromatic nitrogens is 1. The zero-order valence-corrected chi connectivity index (χ0v) is 13.3. The number of pyridine rings is 1. The molecule has 1 saturated heterocycles. The smallest absolute Gasteiger partial charge is 0.239 e. The van der Waals surface area contributed by atoms with E-state index >= 15 is 0 Å². The van der Waals surface area contributed by atoms with Gasteiger partial charge < -0.3 is 15.7 Å². The second kappa shape index (κ2) is 6.97. The summed E-state index contributed by atoms with van der Waals surface area (Å²) in [5.41, 5.74) is 7.75. The SMILES string of the molecule is NC(Cc1ccc(-c2ccc(O)nc2)cc1F)C(=O)N1CCCC1. The number of hydrogen-bond acceptors (Lipinski definition) is 4. The Morgan fingerprint density at radius 3 is 2.58 bits per heavy atom. The molecule has 2 aromatic rings. The molecule has 0 spiro atoms. The fraction of sp³-hybridized carbons (Fsp3) is 0.333. The topological polar surface area (TPSA) is 79.5 Å². The van der Waals surface area contributed by atoms with Gasteiger partial charge in [-0.3, -0.25) is 4.79 Å². The van der Waals surface area contributed by atoms with Gasteiger partial charge in [0, 0.05) is 30.9 Å². The Morgan fingerprint density at radius 2 is 1.96 bits per heavy atom. The lowest BCUT2D eigenvalue weighted by atomic mass is 10.0. The molecule has 1 unspecified atom stereocenters. The van der Waals surface area contributed by atoms with Crippen LogP contribution < -0.4 is 5.73 Å². The third-order valence-electron chi connectivity index (χ3n) is 4.31. The van der Waals surface area contributed by atoms with Crippen molar-refractivity contribution in [2.75, 3.05) is 13.1 Å². The van der Waals surface area contributed by atoms with Crippen LogP contribution in [-0.4, -0.2) is 40.0 Å². The Morgan fingerprint density at radius 1 is 1.25 bits per heavy atom. The van der Waals surface area contributed by atoms with Crippen molar-refractivity contribution >= 4 is 5.91 Å². The molecular formula is C18H20FN3O2. The molecule has 1 atom stereocenters. The normalized spacial score (nSPS) is 15.5. The zero-order valence-electron chi connectivity index (χ0n) is 13.3. The highest BCUT2D eigenvalue weighted by Gasteiger charge is 2.24. The fourth-order valence-corrected chi connectivity index (χ4v) is 2.95. The van der Waals surface area contributed by atoms with Crippen LogP contribution in [0.1, 0.15) is 18.4 Å². The van der Waals surface area contributed by atoms with Gasteiger partial charge >= 0.3 is 0 Å². The van der Waals surface area contributed by atoms with Crippen LogP contribution in [-0.2, 0) is 11.2 Å². The van der Waals surface area contributed by atoms with Gasteiger partial charge in [-0.15, -0.1) is 0 Å². The van der Waals surface area contributed by atoms with Crippen molar-refractivity contribution < 1.29 is 14.3 Å². The lowest BCUT2D eigenvalue weighted by Crippen LogP contribution is -2.43. The van der Waals surface area contributed by atoms with Crippen molar-refractivity contribution in [2.45, 2.75) is 25.3 Å². The van der Waals surface area contributed by atoms with Crippen LogP contribution in [0.5, 0.6) is 5.88 Å². The molecule has 2 heterocycles. The van der Waals surface area contributed by atoms with Crippen LogP contribution in [0, 0.1) is 5.82 Å². The van der Waals surface area contributed by atoms with E-state index in [2.05, 4.69) is 4.98 Å². The van der Waals surface area contributed by atoms with Crippen LogP contribution >= 0.6 is 0 Å². The van der Waals surface area contributed by atoms with Crippen LogP contribution in [0.3, 0.4) is 0 Å². The van der Waals surface area contributed by atoms with E-state index in [0.29, 0.717) is 16.7 Å². The second-order valence-electron chi connectivity index (χ2n) is 6.05. The maximum atomic E-state index is 14.4. The number of halogens is 1. The minimum absolute atomic E-state index is 0.0813. The van der Waals surface area contributed by atoms with E-state index in [1.165, 1.54) is 18.3 Å². The zero-order chi connectivity index (χ0) is 17.1. The summed E-state index contributed by atoms with van der Waals surface area (Å²) >= 11 is 0. The number of amides is 1. The molecule has 3 N–H and O–H groups in total. The van der Waals surface area contributed by atoms with Crippen molar-refractivity contribution in [3.63, 3.8) is 0 Å². The number of likely N-dealkylation sites (tertiary alicyclic amines) is 1. The molecule has 0 radical (unpaired) electrons.